The maximum Gasteiger partial charge on any atom is 0.223 e. The van der Waals surface area contributed by atoms with Gasteiger partial charge < -0.3 is 18.9 Å². The third-order valence-corrected chi connectivity index (χ3v) is 3.43. The number of pyridine rings is 1. The molecular weight excluding hydrogens is 298 g/mol. The van der Waals surface area contributed by atoms with Crippen molar-refractivity contribution >= 4 is 21.8 Å². The predicted molar refractivity (Wildman–Crippen MR) is 86.1 cm³/mol. The molecule has 1 aromatic carbocycles. The van der Waals surface area contributed by atoms with Crippen molar-refractivity contribution in [2.45, 2.75) is 0 Å². The zero-order valence-corrected chi connectivity index (χ0v) is 13.2. The number of methoxy groups -OCH3 is 2. The maximum absolute atomic E-state index is 5.84. The van der Waals surface area contributed by atoms with Gasteiger partial charge in [0.25, 0.3) is 0 Å². The molecule has 122 valence electrons. The molecule has 0 saturated carbocycles. The summed E-state index contributed by atoms with van der Waals surface area (Å²) in [6.45, 7) is 1.91. The summed E-state index contributed by atoms with van der Waals surface area (Å²) in [5, 5.41) is 9.66. The van der Waals surface area contributed by atoms with Gasteiger partial charge in [-0.1, -0.05) is 6.07 Å². The second kappa shape index (κ2) is 7.26. The van der Waals surface area contributed by atoms with Crippen LogP contribution in [0.4, 0.5) is 0 Å². The molecule has 0 aliphatic rings. The van der Waals surface area contributed by atoms with Crippen LogP contribution in [0.2, 0.25) is 0 Å². The van der Waals surface area contributed by atoms with Crippen LogP contribution in [-0.4, -0.2) is 55.8 Å². The predicted octanol–water partition coefficient (Wildman–Crippen LogP) is 2.16. The van der Waals surface area contributed by atoms with E-state index in [0.29, 0.717) is 38.0 Å². The van der Waals surface area contributed by atoms with Crippen LogP contribution in [0.5, 0.6) is 11.6 Å². The van der Waals surface area contributed by atoms with Crippen molar-refractivity contribution in [2.24, 2.45) is 0 Å². The van der Waals surface area contributed by atoms with Crippen molar-refractivity contribution in [3.05, 3.63) is 24.4 Å². The van der Waals surface area contributed by atoms with Gasteiger partial charge in [-0.25, -0.2) is 0 Å². The van der Waals surface area contributed by atoms with Crippen LogP contribution in [-0.2, 0) is 9.47 Å². The quantitative estimate of drug-likeness (QED) is 0.641. The van der Waals surface area contributed by atoms with E-state index in [1.807, 2.05) is 18.2 Å². The lowest BCUT2D eigenvalue weighted by Crippen LogP contribution is -2.07. The lowest BCUT2D eigenvalue weighted by Gasteiger charge is -2.12. The smallest absolute Gasteiger partial charge is 0.223 e. The van der Waals surface area contributed by atoms with Crippen LogP contribution < -0.4 is 9.47 Å². The molecule has 0 aliphatic carbocycles. The molecular formula is C16H19N3O4. The Kier molecular flexibility index (Phi) is 4.89. The summed E-state index contributed by atoms with van der Waals surface area (Å²) >= 11 is 0. The van der Waals surface area contributed by atoms with E-state index in [0.717, 1.165) is 21.9 Å². The molecule has 0 radical (unpaired) electrons. The molecule has 1 N–H and O–H groups in total. The number of hydrogen-bond acceptors (Lipinski definition) is 6. The fourth-order valence-corrected chi connectivity index (χ4v) is 2.38. The number of nitrogens with one attached hydrogen (secondary N) is 1. The van der Waals surface area contributed by atoms with Gasteiger partial charge in [0.05, 0.1) is 24.8 Å². The molecule has 2 aromatic heterocycles. The van der Waals surface area contributed by atoms with Gasteiger partial charge in [-0.3, -0.25) is 5.10 Å². The standard InChI is InChI=1S/C16H19N3O4/c1-20-6-8-22-13-5-3-4-11-14(13)12-10-17-19-15(12)18-16(11)23-9-7-21-2/h3-5,10H,6-9H2,1-2H3,(H,17,18,19). The lowest BCUT2D eigenvalue weighted by molar-refractivity contribution is 0.144. The first-order valence-electron chi connectivity index (χ1n) is 7.34. The first-order chi connectivity index (χ1) is 11.3. The number of fused-ring (bicyclic) bond motifs is 3. The van der Waals surface area contributed by atoms with Crippen LogP contribution in [0, 0.1) is 0 Å². The van der Waals surface area contributed by atoms with Crippen LogP contribution in [0.15, 0.2) is 24.4 Å². The average Bonchev–Trinajstić information content (AvgIpc) is 3.03. The van der Waals surface area contributed by atoms with Gasteiger partial charge in [0.1, 0.15) is 19.0 Å². The number of benzene rings is 1. The SMILES string of the molecule is COCCOc1nc2[nH]ncc2c2c(OCCOC)cccc12. The minimum absolute atomic E-state index is 0.424. The molecule has 0 spiro atoms. The van der Waals surface area contributed by atoms with Crippen LogP contribution >= 0.6 is 0 Å². The molecule has 7 nitrogen and oxygen atoms in total. The number of H-pyrrole nitrogens is 1. The number of nitrogens with zero attached hydrogens (tertiary/aromatic N) is 2. The highest BCUT2D eigenvalue weighted by Crippen LogP contribution is 2.36. The molecule has 0 aliphatic heterocycles. The summed E-state index contributed by atoms with van der Waals surface area (Å²) in [4.78, 5) is 4.50. The second-order valence-corrected chi connectivity index (χ2v) is 4.91. The van der Waals surface area contributed by atoms with Crippen molar-refractivity contribution < 1.29 is 18.9 Å². The lowest BCUT2D eigenvalue weighted by atomic mass is 10.1. The first-order valence-corrected chi connectivity index (χ1v) is 7.34. The summed E-state index contributed by atoms with van der Waals surface area (Å²) in [5.74, 6) is 1.29. The number of aromatic nitrogens is 3. The Morgan fingerprint density at radius 1 is 0.957 bits per heavy atom. The molecule has 23 heavy (non-hydrogen) atoms. The van der Waals surface area contributed by atoms with Crippen molar-refractivity contribution in [3.8, 4) is 11.6 Å². The second-order valence-electron chi connectivity index (χ2n) is 4.91. The van der Waals surface area contributed by atoms with Crippen molar-refractivity contribution in [2.75, 3.05) is 40.6 Å². The van der Waals surface area contributed by atoms with Gasteiger partial charge in [-0.2, -0.15) is 10.1 Å². The van der Waals surface area contributed by atoms with Crippen molar-refractivity contribution in [1.82, 2.24) is 15.2 Å². The van der Waals surface area contributed by atoms with Gasteiger partial charge in [-0.05, 0) is 12.1 Å². The molecule has 3 aromatic rings. The normalized spacial score (nSPS) is 11.2. The third kappa shape index (κ3) is 3.20. The highest BCUT2D eigenvalue weighted by Gasteiger charge is 2.15. The molecule has 0 amide bonds. The highest BCUT2D eigenvalue weighted by atomic mass is 16.5. The number of rotatable bonds is 8. The molecule has 0 saturated heterocycles. The third-order valence-electron chi connectivity index (χ3n) is 3.43. The zero-order valence-electron chi connectivity index (χ0n) is 13.2. The molecule has 3 rings (SSSR count). The number of ether oxygens (including phenoxy) is 4. The number of aromatic amines is 1. The van der Waals surface area contributed by atoms with E-state index in [4.69, 9.17) is 18.9 Å². The van der Waals surface area contributed by atoms with Crippen molar-refractivity contribution in [1.29, 1.82) is 0 Å². The fourth-order valence-electron chi connectivity index (χ4n) is 2.38. The molecule has 0 fully saturated rings. The van der Waals surface area contributed by atoms with E-state index >= 15 is 0 Å². The maximum atomic E-state index is 5.84. The van der Waals surface area contributed by atoms with E-state index < -0.39 is 0 Å². The monoisotopic (exact) mass is 317 g/mol. The van der Waals surface area contributed by atoms with E-state index in [-0.39, 0.29) is 0 Å². The minimum atomic E-state index is 0.424. The largest absolute Gasteiger partial charge is 0.491 e. The first kappa shape index (κ1) is 15.5. The summed E-state index contributed by atoms with van der Waals surface area (Å²) in [6.07, 6.45) is 1.74. The molecule has 2 heterocycles. The van der Waals surface area contributed by atoms with Gasteiger partial charge in [-0.15, -0.1) is 0 Å². The summed E-state index contributed by atoms with van der Waals surface area (Å²) in [7, 11) is 3.28. The Balaban J connectivity index is 2.07. The Morgan fingerprint density at radius 2 is 1.74 bits per heavy atom. The van der Waals surface area contributed by atoms with Crippen LogP contribution in [0.1, 0.15) is 0 Å². The van der Waals surface area contributed by atoms with Crippen LogP contribution in [0.3, 0.4) is 0 Å². The Morgan fingerprint density at radius 3 is 2.52 bits per heavy atom. The van der Waals surface area contributed by atoms with E-state index in [2.05, 4.69) is 15.2 Å². The number of hydrogen-bond donors (Lipinski definition) is 1. The molecule has 0 bridgehead atoms. The molecule has 7 heteroatoms. The van der Waals surface area contributed by atoms with Gasteiger partial charge in [0.2, 0.25) is 5.88 Å². The van der Waals surface area contributed by atoms with E-state index in [9.17, 15) is 0 Å². The Hall–Kier alpha value is -2.38. The molecule has 0 atom stereocenters. The average molecular weight is 317 g/mol. The minimum Gasteiger partial charge on any atom is -0.491 e. The Labute approximate surface area is 133 Å². The van der Waals surface area contributed by atoms with Gasteiger partial charge in [0, 0.05) is 25.0 Å². The zero-order chi connectivity index (χ0) is 16.1. The topological polar surface area (TPSA) is 78.5 Å². The summed E-state index contributed by atoms with van der Waals surface area (Å²) < 4.78 is 21.7. The highest BCUT2D eigenvalue weighted by molar-refractivity contribution is 6.09. The summed E-state index contributed by atoms with van der Waals surface area (Å²) in [6, 6.07) is 5.80. The van der Waals surface area contributed by atoms with Crippen molar-refractivity contribution in [3.63, 3.8) is 0 Å². The molecule has 0 unspecified atom stereocenters. The summed E-state index contributed by atoms with van der Waals surface area (Å²) in [5.41, 5.74) is 0.660. The Bertz CT molecular complexity index is 779. The van der Waals surface area contributed by atoms with E-state index in [1.54, 1.807) is 20.4 Å². The van der Waals surface area contributed by atoms with Gasteiger partial charge in [0.15, 0.2) is 5.65 Å². The van der Waals surface area contributed by atoms with E-state index in [1.165, 1.54) is 0 Å². The van der Waals surface area contributed by atoms with Gasteiger partial charge >= 0.3 is 0 Å². The fraction of sp³-hybridized carbons (Fsp3) is 0.375. The van der Waals surface area contributed by atoms with Crippen LogP contribution in [0.25, 0.3) is 21.8 Å².